The van der Waals surface area contributed by atoms with Crippen LogP contribution in [0.15, 0.2) is 36.6 Å². The minimum atomic E-state index is -0.914. The molecular formula is C59H76F8O8. The first-order chi connectivity index (χ1) is 36.0. The van der Waals surface area contributed by atoms with Gasteiger partial charge in [-0.3, -0.25) is 0 Å². The summed E-state index contributed by atoms with van der Waals surface area (Å²) in [6, 6.07) is 6.76. The Balaban J connectivity index is 0.000000185. The molecule has 4 aromatic rings. The number of hydrogen-bond donors (Lipinski definition) is 0. The van der Waals surface area contributed by atoms with E-state index in [1.165, 1.54) is 14.2 Å². The first-order valence-electron chi connectivity index (χ1n) is 26.1. The van der Waals surface area contributed by atoms with Crippen molar-refractivity contribution in [3.63, 3.8) is 0 Å². The van der Waals surface area contributed by atoms with E-state index in [2.05, 4.69) is 13.8 Å². The zero-order chi connectivity index (χ0) is 54.8. The molecule has 0 fully saturated rings. The number of rotatable bonds is 17. The number of halogens is 8. The SMILES string of the molecule is C/C=C/OC1CCc2cc(OC)c(F)c(F)c2C1.CCCOC1CCc2cc(CCOC)c(F)c(F)c2C1.COCCc1cc2c(c(F)c1F)CC(OC)CC2.COc1cc2c(c(F)c1F)CC(OCC(C)C)CC2. The van der Waals surface area contributed by atoms with E-state index in [0.717, 1.165) is 67.2 Å². The summed E-state index contributed by atoms with van der Waals surface area (Å²) < 4.78 is 153. The number of methoxy groups -OCH3 is 5. The van der Waals surface area contributed by atoms with E-state index in [1.807, 2.05) is 13.8 Å². The lowest BCUT2D eigenvalue weighted by molar-refractivity contribution is 0.0270. The second kappa shape index (κ2) is 30.3. The zero-order valence-electron chi connectivity index (χ0n) is 45.1. The molecule has 0 saturated heterocycles. The number of fused-ring (bicyclic) bond motifs is 4. The van der Waals surface area contributed by atoms with Gasteiger partial charge in [0.25, 0.3) is 0 Å². The van der Waals surface area contributed by atoms with Crippen molar-refractivity contribution < 1.29 is 73.0 Å². The molecule has 0 aromatic heterocycles. The van der Waals surface area contributed by atoms with E-state index >= 15 is 0 Å². The average Bonchev–Trinajstić information content (AvgIpc) is 3.42. The Kier molecular flexibility index (Phi) is 24.7. The molecule has 0 saturated carbocycles. The predicted octanol–water partition coefficient (Wildman–Crippen LogP) is 13.0. The van der Waals surface area contributed by atoms with Gasteiger partial charge in [-0.05, 0) is 151 Å². The Morgan fingerprint density at radius 2 is 0.880 bits per heavy atom. The van der Waals surface area contributed by atoms with Crippen LogP contribution in [0, 0.1) is 52.5 Å². The minimum absolute atomic E-state index is 0.00350. The molecule has 0 amide bonds. The van der Waals surface area contributed by atoms with Crippen molar-refractivity contribution in [3.05, 3.63) is 139 Å². The molecule has 0 heterocycles. The van der Waals surface area contributed by atoms with Crippen molar-refractivity contribution in [2.24, 2.45) is 5.92 Å². The molecule has 8 nitrogen and oxygen atoms in total. The number of allylic oxidation sites excluding steroid dienone is 1. The number of hydrogen-bond acceptors (Lipinski definition) is 8. The molecule has 16 heteroatoms. The first kappa shape index (κ1) is 61.1. The van der Waals surface area contributed by atoms with Crippen LogP contribution in [0.2, 0.25) is 0 Å². The Hall–Kier alpha value is -4.74. The molecule has 4 aliphatic rings. The second-order valence-corrected chi connectivity index (χ2v) is 19.7. The summed E-state index contributed by atoms with van der Waals surface area (Å²) in [7, 11) is 7.40. The van der Waals surface area contributed by atoms with Crippen LogP contribution in [0.1, 0.15) is 115 Å². The molecule has 0 aliphatic heterocycles. The molecular weight excluding hydrogens is 989 g/mol. The fourth-order valence-corrected chi connectivity index (χ4v) is 9.78. The van der Waals surface area contributed by atoms with Gasteiger partial charge < -0.3 is 37.9 Å². The van der Waals surface area contributed by atoms with Crippen molar-refractivity contribution in [2.75, 3.05) is 62.0 Å². The molecule has 0 spiro atoms. The maximum atomic E-state index is 14.2. The Morgan fingerprint density at radius 3 is 1.28 bits per heavy atom. The van der Waals surface area contributed by atoms with E-state index in [1.54, 1.807) is 57.9 Å². The second-order valence-electron chi connectivity index (χ2n) is 19.7. The average molecular weight is 1070 g/mol. The molecule has 4 unspecified atom stereocenters. The maximum absolute atomic E-state index is 14.2. The van der Waals surface area contributed by atoms with Gasteiger partial charge in [-0.2, -0.15) is 8.78 Å². The summed E-state index contributed by atoms with van der Waals surface area (Å²) in [5.41, 5.74) is 6.13. The Morgan fingerprint density at radius 1 is 0.493 bits per heavy atom. The normalized spacial score (nSPS) is 18.5. The van der Waals surface area contributed by atoms with E-state index in [-0.39, 0.29) is 35.9 Å². The van der Waals surface area contributed by atoms with Gasteiger partial charge in [-0.25, -0.2) is 26.3 Å². The monoisotopic (exact) mass is 1060 g/mol. The molecule has 75 heavy (non-hydrogen) atoms. The van der Waals surface area contributed by atoms with Crippen molar-refractivity contribution >= 4 is 0 Å². The number of ether oxygens (including phenoxy) is 8. The van der Waals surface area contributed by atoms with Gasteiger partial charge in [0, 0.05) is 60.2 Å². The highest BCUT2D eigenvalue weighted by molar-refractivity contribution is 5.42. The Labute approximate surface area is 438 Å². The minimum Gasteiger partial charge on any atom is -0.498 e. The van der Waals surface area contributed by atoms with Gasteiger partial charge in [0.1, 0.15) is 6.10 Å². The summed E-state index contributed by atoms with van der Waals surface area (Å²) in [6.45, 7) is 10.2. The van der Waals surface area contributed by atoms with Crippen LogP contribution in [0.25, 0.3) is 0 Å². The highest BCUT2D eigenvalue weighted by Crippen LogP contribution is 2.35. The van der Waals surface area contributed by atoms with Crippen LogP contribution < -0.4 is 9.47 Å². The molecule has 0 bridgehead atoms. The Bertz CT molecular complexity index is 2500. The quantitative estimate of drug-likeness (QED) is 0.0765. The highest BCUT2D eigenvalue weighted by atomic mass is 19.2. The molecule has 4 aromatic carbocycles. The zero-order valence-corrected chi connectivity index (χ0v) is 45.1. The van der Waals surface area contributed by atoms with E-state index in [9.17, 15) is 35.1 Å². The van der Waals surface area contributed by atoms with Gasteiger partial charge in [0.05, 0.1) is 52.0 Å². The third-order valence-electron chi connectivity index (χ3n) is 13.9. The molecule has 4 aliphatic carbocycles. The largest absolute Gasteiger partial charge is 0.498 e. The third-order valence-corrected chi connectivity index (χ3v) is 13.9. The lowest BCUT2D eigenvalue weighted by Crippen LogP contribution is -2.25. The first-order valence-corrected chi connectivity index (χ1v) is 26.1. The molecule has 8 rings (SSSR count). The fraction of sp³-hybridized carbons (Fsp3) is 0.559. The lowest BCUT2D eigenvalue weighted by Gasteiger charge is -2.26. The number of aryl methyl sites for hydroxylation is 4. The smallest absolute Gasteiger partial charge is 0.200 e. The van der Waals surface area contributed by atoms with Gasteiger partial charge >= 0.3 is 0 Å². The summed E-state index contributed by atoms with van der Waals surface area (Å²) in [4.78, 5) is 0. The van der Waals surface area contributed by atoms with E-state index in [0.29, 0.717) is 117 Å². The molecule has 0 N–H and O–H groups in total. The van der Waals surface area contributed by atoms with Gasteiger partial charge in [-0.15, -0.1) is 0 Å². The highest BCUT2D eigenvalue weighted by Gasteiger charge is 2.30. The van der Waals surface area contributed by atoms with Gasteiger partial charge in [0.2, 0.25) is 11.6 Å². The standard InChI is InChI=1S/C16H22F2O2.C15H20F2O2.C14H18F2O2.C14H16F2O2/c1-3-7-20-13-5-4-11-9-12(6-8-19-2)15(17)16(18)14(11)10-13;1-9(2)8-19-11-5-4-10-6-13(18-3)15(17)14(16)12(10)7-11;1-17-6-5-10-7-9-3-4-11(18-2)8-12(9)14(16)13(10)15;1-3-6-18-10-5-4-9-7-12(17-2)14(16)13(15)11(9)8-10/h9,13H,3-8,10H2,1-2H3;6,9,11H,4-5,7-8H2,1-3H3;7,11H,3-6,8H2,1-2H3;3,6-7,10H,4-5,8H2,1-2H3/b;;;6-3+. The van der Waals surface area contributed by atoms with Crippen molar-refractivity contribution in [1.82, 2.24) is 0 Å². The molecule has 4 atom stereocenters. The molecule has 0 radical (unpaired) electrons. The lowest BCUT2D eigenvalue weighted by atomic mass is 9.87. The number of benzene rings is 4. The van der Waals surface area contributed by atoms with Crippen LogP contribution in [0.3, 0.4) is 0 Å². The summed E-state index contributed by atoms with van der Waals surface area (Å²) in [5.74, 6) is -5.87. The summed E-state index contributed by atoms with van der Waals surface area (Å²) in [5, 5.41) is 0. The summed E-state index contributed by atoms with van der Waals surface area (Å²) >= 11 is 0. The third kappa shape index (κ3) is 16.4. The van der Waals surface area contributed by atoms with Crippen molar-refractivity contribution in [1.29, 1.82) is 0 Å². The van der Waals surface area contributed by atoms with Crippen LogP contribution in [-0.2, 0) is 92.6 Å². The van der Waals surface area contributed by atoms with Gasteiger partial charge in [-0.1, -0.05) is 39.0 Å². The van der Waals surface area contributed by atoms with Crippen LogP contribution in [0.4, 0.5) is 35.1 Å². The topological polar surface area (TPSA) is 73.8 Å². The predicted molar refractivity (Wildman–Crippen MR) is 273 cm³/mol. The molecule has 416 valence electrons. The maximum Gasteiger partial charge on any atom is 0.200 e. The van der Waals surface area contributed by atoms with Crippen LogP contribution in [-0.4, -0.2) is 86.4 Å². The van der Waals surface area contributed by atoms with E-state index in [4.69, 9.17) is 37.9 Å². The fourth-order valence-electron chi connectivity index (χ4n) is 9.78. The van der Waals surface area contributed by atoms with Crippen molar-refractivity contribution in [2.45, 2.75) is 148 Å². The van der Waals surface area contributed by atoms with Crippen molar-refractivity contribution in [3.8, 4) is 11.5 Å². The van der Waals surface area contributed by atoms with Gasteiger partial charge in [0.15, 0.2) is 46.4 Å². The van der Waals surface area contributed by atoms with E-state index < -0.39 is 46.5 Å². The van der Waals surface area contributed by atoms with Crippen LogP contribution in [0.5, 0.6) is 11.5 Å². The summed E-state index contributed by atoms with van der Waals surface area (Å²) in [6.07, 6.45) is 13.0. The van der Waals surface area contributed by atoms with Crippen LogP contribution >= 0.6 is 0 Å².